The molecule has 2 heteroatoms. The second-order valence-electron chi connectivity index (χ2n) is 7.53. The van der Waals surface area contributed by atoms with Gasteiger partial charge in [-0.2, -0.15) is 0 Å². The summed E-state index contributed by atoms with van der Waals surface area (Å²) < 4.78 is 0. The Morgan fingerprint density at radius 3 is 1.57 bits per heavy atom. The molecule has 0 aromatic heterocycles. The van der Waals surface area contributed by atoms with Crippen molar-refractivity contribution in [3.63, 3.8) is 0 Å². The van der Waals surface area contributed by atoms with Gasteiger partial charge in [-0.3, -0.25) is 4.99 Å². The molecule has 4 aromatic carbocycles. The van der Waals surface area contributed by atoms with Gasteiger partial charge in [0.1, 0.15) is 0 Å². The van der Waals surface area contributed by atoms with Gasteiger partial charge in [0.05, 0.1) is 11.1 Å². The number of aliphatic imine (C=N–C) groups is 1. The molecule has 0 aliphatic heterocycles. The zero-order chi connectivity index (χ0) is 20.8. The minimum atomic E-state index is -0.727. The molecule has 0 aliphatic carbocycles. The predicted molar refractivity (Wildman–Crippen MR) is 132 cm³/mol. The molecule has 0 amide bonds. The van der Waals surface area contributed by atoms with Gasteiger partial charge in [0.2, 0.25) is 0 Å². The average molecular weight is 407 g/mol. The zero-order valence-electron chi connectivity index (χ0n) is 17.5. The Morgan fingerprint density at radius 1 is 0.600 bits per heavy atom. The summed E-state index contributed by atoms with van der Waals surface area (Å²) in [4.78, 5) is 5.22. The molecule has 0 fully saturated rings. The van der Waals surface area contributed by atoms with E-state index in [0.717, 1.165) is 12.1 Å². The van der Waals surface area contributed by atoms with Crippen LogP contribution < -0.4 is 10.6 Å². The molecule has 0 atom stereocenters. The Kier molecular flexibility index (Phi) is 6.52. The third-order valence-corrected chi connectivity index (χ3v) is 7.47. The van der Waals surface area contributed by atoms with Gasteiger partial charge < -0.3 is 0 Å². The SMILES string of the molecule is Cc1ccc(CC(=Nc2ccc(C)cc2)P(c2ccccc2)c2ccccc2)cc1. The Labute approximate surface area is 180 Å². The number of hydrogen-bond acceptors (Lipinski definition) is 1. The van der Waals surface area contributed by atoms with E-state index in [0.29, 0.717) is 0 Å². The van der Waals surface area contributed by atoms with Crippen LogP contribution in [0.3, 0.4) is 0 Å². The van der Waals surface area contributed by atoms with E-state index in [1.54, 1.807) is 0 Å². The fourth-order valence-electron chi connectivity index (χ4n) is 3.43. The predicted octanol–water partition coefficient (Wildman–Crippen LogP) is 6.71. The Bertz CT molecular complexity index is 1060. The molecule has 1 nitrogen and oxygen atoms in total. The summed E-state index contributed by atoms with van der Waals surface area (Å²) in [5.74, 6) is 0. The van der Waals surface area contributed by atoms with Crippen molar-refractivity contribution in [2.45, 2.75) is 20.3 Å². The quantitative estimate of drug-likeness (QED) is 0.249. The van der Waals surface area contributed by atoms with Crippen LogP contribution >= 0.6 is 7.92 Å². The van der Waals surface area contributed by atoms with Crippen LogP contribution in [0.25, 0.3) is 0 Å². The Morgan fingerprint density at radius 2 is 1.07 bits per heavy atom. The standard InChI is InChI=1S/C28H26NP/c1-22-13-17-24(18-14-22)21-28(29-25-19-15-23(2)16-20-25)30(26-9-5-3-6-10-26)27-11-7-4-8-12-27/h3-20H,21H2,1-2H3. The van der Waals surface area contributed by atoms with Crippen LogP contribution in [-0.2, 0) is 6.42 Å². The third-order valence-electron chi connectivity index (χ3n) is 5.06. The maximum Gasteiger partial charge on any atom is 0.0634 e. The lowest BCUT2D eigenvalue weighted by atomic mass is 10.1. The van der Waals surface area contributed by atoms with E-state index in [2.05, 4.69) is 123 Å². The summed E-state index contributed by atoms with van der Waals surface area (Å²) >= 11 is 0. The normalized spacial score (nSPS) is 11.6. The number of hydrogen-bond donors (Lipinski definition) is 0. The smallest absolute Gasteiger partial charge is 0.0634 e. The van der Waals surface area contributed by atoms with E-state index in [1.807, 2.05) is 0 Å². The lowest BCUT2D eigenvalue weighted by molar-refractivity contribution is 1.31. The highest BCUT2D eigenvalue weighted by molar-refractivity contribution is 7.88. The van der Waals surface area contributed by atoms with E-state index >= 15 is 0 Å². The maximum absolute atomic E-state index is 5.22. The van der Waals surface area contributed by atoms with Crippen molar-refractivity contribution in [1.29, 1.82) is 0 Å². The first kappa shape index (κ1) is 20.3. The summed E-state index contributed by atoms with van der Waals surface area (Å²) in [5, 5.41) is 2.66. The summed E-state index contributed by atoms with van der Waals surface area (Å²) in [7, 11) is -0.727. The van der Waals surface area contributed by atoms with E-state index in [4.69, 9.17) is 4.99 Å². The van der Waals surface area contributed by atoms with E-state index in [-0.39, 0.29) is 0 Å². The molecular formula is C28H26NP. The molecule has 0 unspecified atom stereocenters. The van der Waals surface area contributed by atoms with Crippen molar-refractivity contribution in [2.75, 3.05) is 0 Å². The lowest BCUT2D eigenvalue weighted by Gasteiger charge is -2.21. The monoisotopic (exact) mass is 407 g/mol. The van der Waals surface area contributed by atoms with Gasteiger partial charge >= 0.3 is 0 Å². The summed E-state index contributed by atoms with van der Waals surface area (Å²) in [6.07, 6.45) is 0.837. The summed E-state index contributed by atoms with van der Waals surface area (Å²) in [6, 6.07) is 38.9. The first-order valence-electron chi connectivity index (χ1n) is 10.3. The van der Waals surface area contributed by atoms with Crippen LogP contribution in [0.15, 0.2) is 114 Å². The number of nitrogens with zero attached hydrogens (tertiary/aromatic N) is 1. The van der Waals surface area contributed by atoms with Crippen LogP contribution in [0.2, 0.25) is 0 Å². The van der Waals surface area contributed by atoms with Gasteiger partial charge in [0.15, 0.2) is 0 Å². The van der Waals surface area contributed by atoms with Crippen molar-refractivity contribution in [3.8, 4) is 0 Å². The van der Waals surface area contributed by atoms with Gasteiger partial charge in [-0.15, -0.1) is 0 Å². The van der Waals surface area contributed by atoms with Crippen molar-refractivity contribution in [3.05, 3.63) is 126 Å². The highest BCUT2D eigenvalue weighted by Crippen LogP contribution is 2.38. The molecule has 148 valence electrons. The number of aryl methyl sites for hydroxylation is 2. The van der Waals surface area contributed by atoms with E-state index in [9.17, 15) is 0 Å². The largest absolute Gasteiger partial charge is 0.252 e. The molecule has 0 N–H and O–H groups in total. The van der Waals surface area contributed by atoms with Crippen LogP contribution in [0.1, 0.15) is 16.7 Å². The molecular weight excluding hydrogens is 381 g/mol. The van der Waals surface area contributed by atoms with Gasteiger partial charge in [-0.05, 0) is 42.2 Å². The van der Waals surface area contributed by atoms with Crippen molar-refractivity contribution >= 4 is 29.7 Å². The Hall–Kier alpha value is -3.02. The number of benzene rings is 4. The topological polar surface area (TPSA) is 12.4 Å². The molecule has 0 saturated heterocycles. The molecule has 0 radical (unpaired) electrons. The average Bonchev–Trinajstić information content (AvgIpc) is 2.78. The summed E-state index contributed by atoms with van der Waals surface area (Å²) in [5.41, 5.74) is 6.06. The molecule has 30 heavy (non-hydrogen) atoms. The fraction of sp³-hybridized carbons (Fsp3) is 0.107. The van der Waals surface area contributed by atoms with Crippen LogP contribution in [0.5, 0.6) is 0 Å². The molecule has 0 heterocycles. The van der Waals surface area contributed by atoms with Crippen LogP contribution in [-0.4, -0.2) is 5.45 Å². The van der Waals surface area contributed by atoms with Gasteiger partial charge in [0.25, 0.3) is 0 Å². The van der Waals surface area contributed by atoms with Crippen molar-refractivity contribution < 1.29 is 0 Å². The van der Waals surface area contributed by atoms with Gasteiger partial charge in [0, 0.05) is 14.3 Å². The number of rotatable bonds is 6. The first-order chi connectivity index (χ1) is 14.7. The Balaban J connectivity index is 1.84. The van der Waals surface area contributed by atoms with E-state index < -0.39 is 7.92 Å². The van der Waals surface area contributed by atoms with Crippen LogP contribution in [0, 0.1) is 13.8 Å². The highest BCUT2D eigenvalue weighted by Gasteiger charge is 2.21. The van der Waals surface area contributed by atoms with Gasteiger partial charge in [-0.25, -0.2) is 0 Å². The summed E-state index contributed by atoms with van der Waals surface area (Å²) in [6.45, 7) is 4.24. The van der Waals surface area contributed by atoms with Crippen LogP contribution in [0.4, 0.5) is 5.69 Å². The zero-order valence-corrected chi connectivity index (χ0v) is 18.4. The molecule has 0 bridgehead atoms. The molecule has 0 spiro atoms. The molecule has 4 aromatic rings. The minimum Gasteiger partial charge on any atom is -0.252 e. The fourth-order valence-corrected chi connectivity index (χ4v) is 5.82. The second kappa shape index (κ2) is 9.65. The second-order valence-corrected chi connectivity index (χ2v) is 9.75. The maximum atomic E-state index is 5.22. The molecule has 4 rings (SSSR count). The van der Waals surface area contributed by atoms with Gasteiger partial charge in [-0.1, -0.05) is 108 Å². The minimum absolute atomic E-state index is 0.727. The van der Waals surface area contributed by atoms with E-state index in [1.165, 1.54) is 32.8 Å². The molecule has 0 aliphatic rings. The van der Waals surface area contributed by atoms with Crippen molar-refractivity contribution in [2.24, 2.45) is 4.99 Å². The third kappa shape index (κ3) is 5.12. The molecule has 0 saturated carbocycles. The first-order valence-corrected chi connectivity index (χ1v) is 11.6. The highest BCUT2D eigenvalue weighted by atomic mass is 31.1. The van der Waals surface area contributed by atoms with Crippen molar-refractivity contribution in [1.82, 2.24) is 0 Å². The lowest BCUT2D eigenvalue weighted by Crippen LogP contribution is -2.19.